The average Bonchev–Trinajstić information content (AvgIpc) is 2.78. The van der Waals surface area contributed by atoms with Crippen LogP contribution in [-0.2, 0) is 10.2 Å². The number of halogens is 2. The Hall–Kier alpha value is -1.91. The summed E-state index contributed by atoms with van der Waals surface area (Å²) in [5.74, 6) is 1.04. The first-order valence-corrected chi connectivity index (χ1v) is 7.61. The molecule has 0 spiro atoms. The normalized spacial score (nSPS) is 19.3. The van der Waals surface area contributed by atoms with Crippen LogP contribution < -0.4 is 14.2 Å². The number of fused-ring (bicyclic) bond motifs is 1. The summed E-state index contributed by atoms with van der Waals surface area (Å²) < 4.78 is 15.7. The molecule has 3 rings (SSSR count). The van der Waals surface area contributed by atoms with E-state index in [1.807, 2.05) is 0 Å². The summed E-state index contributed by atoms with van der Waals surface area (Å²) in [6, 6.07) is 8.53. The zero-order valence-corrected chi connectivity index (χ0v) is 14.3. The molecule has 0 saturated heterocycles. The minimum Gasteiger partial charge on any atom is -0.495 e. The van der Waals surface area contributed by atoms with Gasteiger partial charge < -0.3 is 14.2 Å². The van der Waals surface area contributed by atoms with Gasteiger partial charge in [0.2, 0.25) is 0 Å². The summed E-state index contributed by atoms with van der Waals surface area (Å²) in [7, 11) is 3.04. The number of benzene rings is 2. The fourth-order valence-electron chi connectivity index (χ4n) is 2.73. The van der Waals surface area contributed by atoms with Crippen LogP contribution in [0.25, 0.3) is 0 Å². The Balaban J connectivity index is 2.18. The van der Waals surface area contributed by atoms with Gasteiger partial charge in [0, 0.05) is 11.6 Å². The number of esters is 1. The summed E-state index contributed by atoms with van der Waals surface area (Å²) in [5, 5.41) is 0.836. The maximum Gasteiger partial charge on any atom is 0.326 e. The Labute approximate surface area is 143 Å². The molecule has 2 aromatic carbocycles. The van der Waals surface area contributed by atoms with E-state index in [9.17, 15) is 4.79 Å². The van der Waals surface area contributed by atoms with Crippen molar-refractivity contribution in [3.8, 4) is 17.2 Å². The number of carbonyl (C=O) groups excluding carboxylic acids is 1. The van der Waals surface area contributed by atoms with E-state index < -0.39 is 11.4 Å². The van der Waals surface area contributed by atoms with E-state index >= 15 is 0 Å². The van der Waals surface area contributed by atoms with Gasteiger partial charge in [-0.05, 0) is 30.7 Å². The van der Waals surface area contributed by atoms with Gasteiger partial charge >= 0.3 is 5.97 Å². The number of carbonyl (C=O) groups is 1. The number of rotatable bonds is 3. The summed E-state index contributed by atoms with van der Waals surface area (Å²) in [6.07, 6.45) is 0. The van der Waals surface area contributed by atoms with Crippen LogP contribution in [0.5, 0.6) is 17.2 Å². The molecule has 0 aliphatic carbocycles. The van der Waals surface area contributed by atoms with Gasteiger partial charge in [0.1, 0.15) is 22.7 Å². The van der Waals surface area contributed by atoms with Crippen molar-refractivity contribution in [2.24, 2.45) is 0 Å². The van der Waals surface area contributed by atoms with E-state index in [1.54, 1.807) is 37.3 Å². The maximum atomic E-state index is 12.5. The zero-order valence-electron chi connectivity index (χ0n) is 12.8. The summed E-state index contributed by atoms with van der Waals surface area (Å²) >= 11 is 12.4. The molecular formula is C17H14Cl2O4. The number of ether oxygens (including phenoxy) is 3. The van der Waals surface area contributed by atoms with Crippen LogP contribution in [0.4, 0.5) is 0 Å². The van der Waals surface area contributed by atoms with Crippen LogP contribution in [-0.4, -0.2) is 20.2 Å². The van der Waals surface area contributed by atoms with E-state index in [-0.39, 0.29) is 0 Å². The average molecular weight is 353 g/mol. The minimum atomic E-state index is -0.999. The van der Waals surface area contributed by atoms with Crippen LogP contribution in [0.1, 0.15) is 18.1 Å². The van der Waals surface area contributed by atoms with Crippen LogP contribution in [0, 0.1) is 0 Å². The summed E-state index contributed by atoms with van der Waals surface area (Å²) in [5.41, 5.74) is 0.379. The quantitative estimate of drug-likeness (QED) is 0.612. The van der Waals surface area contributed by atoms with E-state index in [2.05, 4.69) is 0 Å². The van der Waals surface area contributed by atoms with E-state index in [4.69, 9.17) is 37.4 Å². The Kier molecular flexibility index (Phi) is 3.90. The van der Waals surface area contributed by atoms with Crippen molar-refractivity contribution in [2.45, 2.75) is 12.3 Å². The van der Waals surface area contributed by atoms with Crippen LogP contribution in [0.3, 0.4) is 0 Å². The van der Waals surface area contributed by atoms with Gasteiger partial charge in [-0.25, -0.2) is 0 Å². The Morgan fingerprint density at radius 3 is 2.26 bits per heavy atom. The number of hydrogen-bond donors (Lipinski definition) is 0. The van der Waals surface area contributed by atoms with Crippen molar-refractivity contribution in [1.29, 1.82) is 0 Å². The van der Waals surface area contributed by atoms with Gasteiger partial charge in [-0.2, -0.15) is 0 Å². The lowest BCUT2D eigenvalue weighted by Crippen LogP contribution is -2.31. The molecule has 0 unspecified atom stereocenters. The fourth-order valence-corrected chi connectivity index (χ4v) is 3.23. The van der Waals surface area contributed by atoms with Gasteiger partial charge in [0.25, 0.3) is 0 Å². The molecule has 0 amide bonds. The van der Waals surface area contributed by atoms with Crippen LogP contribution in [0.2, 0.25) is 10.0 Å². The Morgan fingerprint density at radius 1 is 1.00 bits per heavy atom. The first kappa shape index (κ1) is 16.0. The first-order chi connectivity index (χ1) is 10.9. The van der Waals surface area contributed by atoms with Crippen molar-refractivity contribution >= 4 is 29.2 Å². The predicted octanol–water partition coefficient (Wildman–Crippen LogP) is 4.24. The molecule has 0 N–H and O–H groups in total. The molecule has 1 aliphatic heterocycles. The highest BCUT2D eigenvalue weighted by Gasteiger charge is 2.47. The van der Waals surface area contributed by atoms with E-state index in [1.165, 1.54) is 14.2 Å². The molecule has 0 saturated carbocycles. The third-order valence-corrected chi connectivity index (χ3v) is 4.72. The predicted molar refractivity (Wildman–Crippen MR) is 88.1 cm³/mol. The highest BCUT2D eigenvalue weighted by molar-refractivity contribution is 6.32. The largest absolute Gasteiger partial charge is 0.495 e. The first-order valence-electron chi connectivity index (χ1n) is 6.86. The van der Waals surface area contributed by atoms with Crippen molar-refractivity contribution in [3.05, 3.63) is 51.5 Å². The van der Waals surface area contributed by atoms with Gasteiger partial charge in [-0.15, -0.1) is 0 Å². The Bertz CT molecular complexity index is 803. The van der Waals surface area contributed by atoms with Gasteiger partial charge in [0.05, 0.1) is 24.3 Å². The molecule has 0 radical (unpaired) electrons. The third kappa shape index (κ3) is 2.33. The van der Waals surface area contributed by atoms with Crippen molar-refractivity contribution in [2.75, 3.05) is 14.2 Å². The molecule has 0 bridgehead atoms. The second kappa shape index (κ2) is 5.62. The molecule has 4 nitrogen and oxygen atoms in total. The minimum absolute atomic E-state index is 0.391. The Morgan fingerprint density at radius 2 is 1.65 bits per heavy atom. The van der Waals surface area contributed by atoms with Crippen LogP contribution in [0.15, 0.2) is 30.3 Å². The summed E-state index contributed by atoms with van der Waals surface area (Å²) in [4.78, 5) is 12.5. The molecule has 1 atom stereocenters. The topological polar surface area (TPSA) is 44.8 Å². The van der Waals surface area contributed by atoms with Crippen molar-refractivity contribution < 1.29 is 19.0 Å². The monoisotopic (exact) mass is 352 g/mol. The lowest BCUT2D eigenvalue weighted by Gasteiger charge is -2.22. The molecular weight excluding hydrogens is 339 g/mol. The van der Waals surface area contributed by atoms with E-state index in [0.29, 0.717) is 38.4 Å². The molecule has 1 heterocycles. The SMILES string of the molecule is COc1ccc([C@@]2(C)C(=O)Oc3cc(OC)c(Cl)cc32)cc1Cl. The van der Waals surface area contributed by atoms with E-state index in [0.717, 1.165) is 0 Å². The highest BCUT2D eigenvalue weighted by atomic mass is 35.5. The zero-order chi connectivity index (χ0) is 16.8. The number of methoxy groups -OCH3 is 2. The smallest absolute Gasteiger partial charge is 0.326 e. The molecule has 23 heavy (non-hydrogen) atoms. The molecule has 0 fully saturated rings. The van der Waals surface area contributed by atoms with Crippen LogP contribution >= 0.6 is 23.2 Å². The fraction of sp³-hybridized carbons (Fsp3) is 0.235. The molecule has 0 aromatic heterocycles. The van der Waals surface area contributed by atoms with Gasteiger partial charge in [-0.1, -0.05) is 29.3 Å². The number of hydrogen-bond acceptors (Lipinski definition) is 4. The molecule has 6 heteroatoms. The molecule has 1 aliphatic rings. The second-order valence-corrected chi connectivity index (χ2v) is 6.16. The highest BCUT2D eigenvalue weighted by Crippen LogP contribution is 2.48. The van der Waals surface area contributed by atoms with Gasteiger partial charge in [0.15, 0.2) is 0 Å². The van der Waals surface area contributed by atoms with Crippen molar-refractivity contribution in [3.63, 3.8) is 0 Å². The second-order valence-electron chi connectivity index (χ2n) is 5.35. The molecule has 2 aromatic rings. The standard InChI is InChI=1S/C17H14Cl2O4/c1-17(9-4-5-13(21-2)11(18)6-9)10-7-12(19)15(22-3)8-14(10)23-16(17)20/h4-8H,1-3H3/t17-/m1/s1. The molecule has 120 valence electrons. The maximum absolute atomic E-state index is 12.5. The lowest BCUT2D eigenvalue weighted by molar-refractivity contribution is -0.136. The third-order valence-electron chi connectivity index (χ3n) is 4.13. The van der Waals surface area contributed by atoms with Gasteiger partial charge in [-0.3, -0.25) is 4.79 Å². The summed E-state index contributed by atoms with van der Waals surface area (Å²) in [6.45, 7) is 1.78. The van der Waals surface area contributed by atoms with Crippen molar-refractivity contribution in [1.82, 2.24) is 0 Å². The lowest BCUT2D eigenvalue weighted by atomic mass is 9.77.